The van der Waals surface area contributed by atoms with Crippen molar-refractivity contribution in [2.75, 3.05) is 31.1 Å². The molecule has 5 heteroatoms. The summed E-state index contributed by atoms with van der Waals surface area (Å²) in [5, 5.41) is 12.1. The first-order valence-corrected chi connectivity index (χ1v) is 8.01. The van der Waals surface area contributed by atoms with Crippen molar-refractivity contribution in [3.63, 3.8) is 0 Å². The van der Waals surface area contributed by atoms with Crippen LogP contribution in [-0.2, 0) is 6.54 Å². The van der Waals surface area contributed by atoms with Crippen molar-refractivity contribution < 1.29 is 0 Å². The first-order chi connectivity index (χ1) is 10.2. The van der Waals surface area contributed by atoms with Crippen molar-refractivity contribution in [2.45, 2.75) is 13.5 Å². The normalized spacial score (nSPS) is 15.9. The van der Waals surface area contributed by atoms with Crippen molar-refractivity contribution >= 4 is 16.5 Å². The molecule has 0 N–H and O–H groups in total. The second-order valence-corrected chi connectivity index (χ2v) is 6.18. The number of aromatic nitrogens is 1. The number of aryl methyl sites for hydroxylation is 1. The van der Waals surface area contributed by atoms with Gasteiger partial charge in [-0.25, -0.2) is 4.98 Å². The monoisotopic (exact) mass is 298 g/mol. The van der Waals surface area contributed by atoms with Crippen LogP contribution in [0, 0.1) is 18.3 Å². The van der Waals surface area contributed by atoms with Crippen LogP contribution in [0.25, 0.3) is 0 Å². The van der Waals surface area contributed by atoms with Gasteiger partial charge < -0.3 is 4.90 Å². The van der Waals surface area contributed by atoms with Crippen LogP contribution in [0.4, 0.5) is 5.13 Å². The Balaban J connectivity index is 1.54. The molecule has 1 saturated heterocycles. The Bertz CT molecular complexity index is 633. The van der Waals surface area contributed by atoms with Gasteiger partial charge in [-0.15, -0.1) is 11.3 Å². The van der Waals surface area contributed by atoms with Gasteiger partial charge in [0.1, 0.15) is 0 Å². The van der Waals surface area contributed by atoms with Gasteiger partial charge in [0.05, 0.1) is 17.3 Å². The maximum atomic E-state index is 8.82. The Morgan fingerprint density at radius 2 is 1.90 bits per heavy atom. The van der Waals surface area contributed by atoms with Gasteiger partial charge in [0.25, 0.3) is 0 Å². The fourth-order valence-corrected chi connectivity index (χ4v) is 3.38. The van der Waals surface area contributed by atoms with Crippen molar-refractivity contribution in [3.05, 3.63) is 46.5 Å². The molecule has 1 aliphatic heterocycles. The largest absolute Gasteiger partial charge is 0.346 e. The number of rotatable bonds is 3. The van der Waals surface area contributed by atoms with Crippen LogP contribution >= 0.6 is 11.3 Å². The molecule has 1 fully saturated rings. The number of nitrogens with zero attached hydrogens (tertiary/aromatic N) is 4. The van der Waals surface area contributed by atoms with Crippen LogP contribution in [0.1, 0.15) is 16.8 Å². The molecule has 2 heterocycles. The molecule has 0 radical (unpaired) electrons. The van der Waals surface area contributed by atoms with Crippen molar-refractivity contribution in [3.8, 4) is 6.07 Å². The number of thiazole rings is 1. The number of nitriles is 1. The highest BCUT2D eigenvalue weighted by atomic mass is 32.1. The molecular weight excluding hydrogens is 280 g/mol. The molecular formula is C16H18N4S. The molecule has 0 spiro atoms. The molecule has 0 amide bonds. The number of anilines is 1. The Morgan fingerprint density at radius 1 is 1.19 bits per heavy atom. The summed E-state index contributed by atoms with van der Waals surface area (Å²) in [5.41, 5.74) is 3.10. The van der Waals surface area contributed by atoms with E-state index in [4.69, 9.17) is 5.26 Å². The third-order valence-electron chi connectivity index (χ3n) is 3.74. The zero-order valence-corrected chi connectivity index (χ0v) is 12.9. The first kappa shape index (κ1) is 14.1. The van der Waals surface area contributed by atoms with E-state index in [0.29, 0.717) is 0 Å². The smallest absolute Gasteiger partial charge is 0.185 e. The summed E-state index contributed by atoms with van der Waals surface area (Å²) in [6.45, 7) is 7.17. The highest BCUT2D eigenvalue weighted by Gasteiger charge is 2.19. The van der Waals surface area contributed by atoms with E-state index >= 15 is 0 Å². The van der Waals surface area contributed by atoms with Crippen LogP contribution in [-0.4, -0.2) is 36.1 Å². The van der Waals surface area contributed by atoms with E-state index in [1.165, 1.54) is 5.56 Å². The SMILES string of the molecule is Cc1csc(N2CCN(Cc3ccc(C#N)cc3)CC2)n1. The van der Waals surface area contributed by atoms with Gasteiger partial charge in [0.15, 0.2) is 5.13 Å². The van der Waals surface area contributed by atoms with E-state index in [1.807, 2.05) is 19.1 Å². The fourth-order valence-electron chi connectivity index (χ4n) is 2.53. The summed E-state index contributed by atoms with van der Waals surface area (Å²) >= 11 is 1.73. The van der Waals surface area contributed by atoms with Gasteiger partial charge >= 0.3 is 0 Å². The average Bonchev–Trinajstić information content (AvgIpc) is 2.95. The molecule has 1 aliphatic rings. The zero-order chi connectivity index (χ0) is 14.7. The van der Waals surface area contributed by atoms with Gasteiger partial charge in [0.2, 0.25) is 0 Å². The lowest BCUT2D eigenvalue weighted by atomic mass is 10.1. The molecule has 0 aliphatic carbocycles. The molecule has 0 saturated carbocycles. The quantitative estimate of drug-likeness (QED) is 0.874. The number of hydrogen-bond acceptors (Lipinski definition) is 5. The Labute approximate surface area is 129 Å². The van der Waals surface area contributed by atoms with Crippen LogP contribution in [0.15, 0.2) is 29.6 Å². The molecule has 0 bridgehead atoms. The van der Waals surface area contributed by atoms with Gasteiger partial charge in [-0.1, -0.05) is 12.1 Å². The summed E-state index contributed by atoms with van der Waals surface area (Å²) < 4.78 is 0. The van der Waals surface area contributed by atoms with E-state index in [1.54, 1.807) is 11.3 Å². The van der Waals surface area contributed by atoms with Crippen LogP contribution in [0.5, 0.6) is 0 Å². The summed E-state index contributed by atoms with van der Waals surface area (Å²) in [4.78, 5) is 9.38. The maximum Gasteiger partial charge on any atom is 0.185 e. The lowest BCUT2D eigenvalue weighted by molar-refractivity contribution is 0.250. The Morgan fingerprint density at radius 3 is 2.48 bits per heavy atom. The number of benzene rings is 1. The summed E-state index contributed by atoms with van der Waals surface area (Å²) in [5.74, 6) is 0. The van der Waals surface area contributed by atoms with Gasteiger partial charge in [-0.05, 0) is 24.6 Å². The summed E-state index contributed by atoms with van der Waals surface area (Å²) in [7, 11) is 0. The van der Waals surface area contributed by atoms with Crippen molar-refractivity contribution in [1.82, 2.24) is 9.88 Å². The molecule has 1 aromatic heterocycles. The molecule has 1 aromatic carbocycles. The Kier molecular flexibility index (Phi) is 4.18. The number of hydrogen-bond donors (Lipinski definition) is 0. The first-order valence-electron chi connectivity index (χ1n) is 7.13. The fraction of sp³-hybridized carbons (Fsp3) is 0.375. The molecule has 21 heavy (non-hydrogen) atoms. The molecule has 0 unspecified atom stereocenters. The second kappa shape index (κ2) is 6.25. The average molecular weight is 298 g/mol. The zero-order valence-electron chi connectivity index (χ0n) is 12.1. The molecule has 108 valence electrons. The lowest BCUT2D eigenvalue weighted by Gasteiger charge is -2.34. The topological polar surface area (TPSA) is 43.2 Å². The lowest BCUT2D eigenvalue weighted by Crippen LogP contribution is -2.45. The van der Waals surface area contributed by atoms with Crippen molar-refractivity contribution in [2.24, 2.45) is 0 Å². The van der Waals surface area contributed by atoms with Gasteiger partial charge in [-0.3, -0.25) is 4.90 Å². The van der Waals surface area contributed by atoms with Crippen LogP contribution < -0.4 is 4.90 Å². The van der Waals surface area contributed by atoms with Crippen molar-refractivity contribution in [1.29, 1.82) is 5.26 Å². The molecule has 2 aromatic rings. The predicted molar refractivity (Wildman–Crippen MR) is 85.5 cm³/mol. The standard InChI is InChI=1S/C16H18N4S/c1-13-12-21-16(18-13)20-8-6-19(7-9-20)11-15-4-2-14(10-17)3-5-15/h2-5,12H,6-9,11H2,1H3. The predicted octanol–water partition coefficient (Wildman–Crippen LogP) is 2.65. The minimum Gasteiger partial charge on any atom is -0.346 e. The number of piperazine rings is 1. The highest BCUT2D eigenvalue weighted by molar-refractivity contribution is 7.13. The van der Waals surface area contributed by atoms with E-state index in [0.717, 1.165) is 49.1 Å². The minimum absolute atomic E-state index is 0.725. The third kappa shape index (κ3) is 3.41. The summed E-state index contributed by atoms with van der Waals surface area (Å²) in [6.07, 6.45) is 0. The molecule has 4 nitrogen and oxygen atoms in total. The maximum absolute atomic E-state index is 8.82. The van der Waals surface area contributed by atoms with E-state index in [9.17, 15) is 0 Å². The van der Waals surface area contributed by atoms with E-state index < -0.39 is 0 Å². The van der Waals surface area contributed by atoms with Gasteiger partial charge in [0, 0.05) is 38.1 Å². The van der Waals surface area contributed by atoms with E-state index in [-0.39, 0.29) is 0 Å². The second-order valence-electron chi connectivity index (χ2n) is 5.34. The highest BCUT2D eigenvalue weighted by Crippen LogP contribution is 2.21. The van der Waals surface area contributed by atoms with Crippen LogP contribution in [0.3, 0.4) is 0 Å². The van der Waals surface area contributed by atoms with Gasteiger partial charge in [-0.2, -0.15) is 5.26 Å². The molecule has 0 atom stereocenters. The van der Waals surface area contributed by atoms with Crippen LogP contribution in [0.2, 0.25) is 0 Å². The minimum atomic E-state index is 0.725. The van der Waals surface area contributed by atoms with E-state index in [2.05, 4.69) is 38.4 Å². The third-order valence-corrected chi connectivity index (χ3v) is 4.76. The Hall–Kier alpha value is -1.90. The molecule has 3 rings (SSSR count). The summed E-state index contributed by atoms with van der Waals surface area (Å²) in [6, 6.07) is 10.0.